The maximum Gasteiger partial charge on any atom is 0.243 e. The minimum Gasteiger partial charge on any atom is -0.352 e. The van der Waals surface area contributed by atoms with Crippen molar-refractivity contribution in [3.8, 4) is 11.9 Å². The van der Waals surface area contributed by atoms with Gasteiger partial charge in [-0.3, -0.25) is 0 Å². The first-order valence-electron chi connectivity index (χ1n) is 9.09. The Morgan fingerprint density at radius 3 is 2.14 bits per heavy atom. The van der Waals surface area contributed by atoms with Gasteiger partial charge in [-0.1, -0.05) is 0 Å². The van der Waals surface area contributed by atoms with Crippen molar-refractivity contribution in [2.75, 3.05) is 31.1 Å². The van der Waals surface area contributed by atoms with Crippen molar-refractivity contribution < 1.29 is 8.42 Å². The van der Waals surface area contributed by atoms with Crippen LogP contribution in [0.5, 0.6) is 0 Å². The average molecular weight is 409 g/mol. The second-order valence-electron chi connectivity index (χ2n) is 6.68. The summed E-state index contributed by atoms with van der Waals surface area (Å²) in [5, 5.41) is 21.7. The molecule has 1 aliphatic heterocycles. The Balaban J connectivity index is 1.43. The molecule has 3 heterocycles. The number of anilines is 1. The van der Waals surface area contributed by atoms with E-state index in [0.717, 1.165) is 5.69 Å². The van der Waals surface area contributed by atoms with Gasteiger partial charge < -0.3 is 4.90 Å². The van der Waals surface area contributed by atoms with E-state index in [-0.39, 0.29) is 4.90 Å². The van der Waals surface area contributed by atoms with E-state index in [1.165, 1.54) is 28.6 Å². The third kappa shape index (κ3) is 3.83. The maximum absolute atomic E-state index is 12.8. The third-order valence-corrected chi connectivity index (χ3v) is 6.69. The molecule has 2 aromatic heterocycles. The second-order valence-corrected chi connectivity index (χ2v) is 8.62. The van der Waals surface area contributed by atoms with Gasteiger partial charge in [-0.2, -0.15) is 14.7 Å². The lowest BCUT2D eigenvalue weighted by molar-refractivity contribution is 0.383. The van der Waals surface area contributed by atoms with Gasteiger partial charge in [-0.25, -0.2) is 13.1 Å². The molecule has 0 spiro atoms. The third-order valence-electron chi connectivity index (χ3n) is 4.78. The Morgan fingerprint density at radius 2 is 1.59 bits per heavy atom. The summed E-state index contributed by atoms with van der Waals surface area (Å²) in [5.41, 5.74) is 1.33. The lowest BCUT2D eigenvalue weighted by Crippen LogP contribution is -2.49. The molecule has 0 saturated carbocycles. The molecule has 0 bridgehead atoms. The quantitative estimate of drug-likeness (QED) is 0.640. The van der Waals surface area contributed by atoms with E-state index in [9.17, 15) is 8.42 Å². The molecule has 0 N–H and O–H groups in total. The largest absolute Gasteiger partial charge is 0.352 e. The maximum atomic E-state index is 12.8. The van der Waals surface area contributed by atoms with E-state index in [1.54, 1.807) is 4.68 Å². The molecule has 3 aromatic rings. The molecule has 29 heavy (non-hydrogen) atoms. The van der Waals surface area contributed by atoms with E-state index >= 15 is 0 Å². The van der Waals surface area contributed by atoms with Crippen LogP contribution in [0.15, 0.2) is 53.6 Å². The van der Waals surface area contributed by atoms with E-state index in [1.807, 2.05) is 42.3 Å². The highest BCUT2D eigenvalue weighted by Crippen LogP contribution is 2.20. The fraction of sp³-hybridized carbons (Fsp3) is 0.263. The topological polar surface area (TPSA) is 108 Å². The molecule has 1 aromatic carbocycles. The average Bonchev–Trinajstić information content (AvgIpc) is 3.20. The van der Waals surface area contributed by atoms with Crippen LogP contribution in [0, 0.1) is 18.3 Å². The Bertz CT molecular complexity index is 1140. The van der Waals surface area contributed by atoms with Crippen LogP contribution < -0.4 is 4.90 Å². The number of benzene rings is 1. The molecule has 0 aliphatic carbocycles. The lowest BCUT2D eigenvalue weighted by atomic mass is 10.2. The summed E-state index contributed by atoms with van der Waals surface area (Å²) in [6, 6.07) is 13.6. The van der Waals surface area contributed by atoms with Crippen LogP contribution in [0.2, 0.25) is 0 Å². The summed E-state index contributed by atoms with van der Waals surface area (Å²) in [5.74, 6) is 1.33. The van der Waals surface area contributed by atoms with Gasteiger partial charge in [0.2, 0.25) is 10.0 Å². The first-order chi connectivity index (χ1) is 14.0. The van der Waals surface area contributed by atoms with Crippen molar-refractivity contribution in [3.63, 3.8) is 0 Å². The van der Waals surface area contributed by atoms with Crippen molar-refractivity contribution in [1.29, 1.82) is 5.26 Å². The minimum atomic E-state index is -3.58. The molecule has 0 amide bonds. The van der Waals surface area contributed by atoms with Gasteiger partial charge in [0.1, 0.15) is 0 Å². The number of piperazine rings is 1. The fourth-order valence-electron chi connectivity index (χ4n) is 3.16. The highest BCUT2D eigenvalue weighted by atomic mass is 32.2. The summed E-state index contributed by atoms with van der Waals surface area (Å²) in [6.45, 7) is 3.65. The standard InChI is InChI=1S/C19H19N7O2S/c1-15-8-9-26(23-15)19-7-6-18(21-22-19)24-10-12-25(13-11-24)29(27,28)17-4-2-16(14-20)3-5-17/h2-9H,10-13H2,1H3. The van der Waals surface area contributed by atoms with E-state index in [4.69, 9.17) is 5.26 Å². The van der Waals surface area contributed by atoms with E-state index < -0.39 is 10.0 Å². The number of aromatic nitrogens is 4. The summed E-state index contributed by atoms with van der Waals surface area (Å²) in [4.78, 5) is 2.21. The van der Waals surface area contributed by atoms with E-state index in [2.05, 4.69) is 15.3 Å². The number of rotatable bonds is 4. The number of aryl methyl sites for hydroxylation is 1. The Labute approximate surface area is 168 Å². The summed E-state index contributed by atoms with van der Waals surface area (Å²) >= 11 is 0. The molecular weight excluding hydrogens is 390 g/mol. The first-order valence-corrected chi connectivity index (χ1v) is 10.5. The molecule has 4 rings (SSSR count). The number of hydrogen-bond donors (Lipinski definition) is 0. The highest BCUT2D eigenvalue weighted by molar-refractivity contribution is 7.89. The predicted molar refractivity (Wildman–Crippen MR) is 106 cm³/mol. The SMILES string of the molecule is Cc1ccn(-c2ccc(N3CCN(S(=O)(=O)c4ccc(C#N)cc4)CC3)nn2)n1. The molecule has 1 aliphatic rings. The minimum absolute atomic E-state index is 0.198. The molecule has 148 valence electrons. The zero-order chi connectivity index (χ0) is 20.4. The zero-order valence-electron chi connectivity index (χ0n) is 15.8. The summed E-state index contributed by atoms with van der Waals surface area (Å²) < 4.78 is 28.8. The van der Waals surface area contributed by atoms with Crippen LogP contribution in [0.4, 0.5) is 5.82 Å². The molecule has 1 saturated heterocycles. The molecule has 0 atom stereocenters. The van der Waals surface area contributed by atoms with Crippen LogP contribution in [-0.2, 0) is 10.0 Å². The zero-order valence-corrected chi connectivity index (χ0v) is 16.6. The van der Waals surface area contributed by atoms with Crippen molar-refractivity contribution in [2.45, 2.75) is 11.8 Å². The smallest absolute Gasteiger partial charge is 0.243 e. The first kappa shape index (κ1) is 19.0. The Morgan fingerprint density at radius 1 is 0.931 bits per heavy atom. The van der Waals surface area contributed by atoms with Crippen molar-refractivity contribution in [1.82, 2.24) is 24.3 Å². The lowest BCUT2D eigenvalue weighted by Gasteiger charge is -2.34. The fourth-order valence-corrected chi connectivity index (χ4v) is 4.58. The Kier molecular flexibility index (Phi) is 5.00. The Hall–Kier alpha value is -3.29. The van der Waals surface area contributed by atoms with Crippen molar-refractivity contribution >= 4 is 15.8 Å². The van der Waals surface area contributed by atoms with Gasteiger partial charge in [0, 0.05) is 32.4 Å². The van der Waals surface area contributed by atoms with Crippen molar-refractivity contribution in [2.24, 2.45) is 0 Å². The van der Waals surface area contributed by atoms with Gasteiger partial charge in [0.15, 0.2) is 11.6 Å². The number of sulfonamides is 1. The van der Waals surface area contributed by atoms with Crippen LogP contribution in [0.1, 0.15) is 11.3 Å². The molecule has 0 unspecified atom stereocenters. The molecular formula is C19H19N7O2S. The van der Waals surface area contributed by atoms with Crippen LogP contribution in [-0.4, -0.2) is 58.9 Å². The number of nitriles is 1. The van der Waals surface area contributed by atoms with Crippen LogP contribution >= 0.6 is 0 Å². The van der Waals surface area contributed by atoms with Gasteiger partial charge >= 0.3 is 0 Å². The summed E-state index contributed by atoms with van der Waals surface area (Å²) in [6.07, 6.45) is 1.83. The van der Waals surface area contributed by atoms with Crippen molar-refractivity contribution in [3.05, 3.63) is 59.9 Å². The highest BCUT2D eigenvalue weighted by Gasteiger charge is 2.29. The molecule has 0 radical (unpaired) electrons. The van der Waals surface area contributed by atoms with Gasteiger partial charge in [0.05, 0.1) is 22.2 Å². The van der Waals surface area contributed by atoms with Crippen LogP contribution in [0.25, 0.3) is 5.82 Å². The normalized spacial score (nSPS) is 15.2. The van der Waals surface area contributed by atoms with Crippen LogP contribution in [0.3, 0.4) is 0 Å². The molecule has 1 fully saturated rings. The summed E-state index contributed by atoms with van der Waals surface area (Å²) in [7, 11) is -3.58. The monoisotopic (exact) mass is 409 g/mol. The second kappa shape index (κ2) is 7.62. The van der Waals surface area contributed by atoms with Gasteiger partial charge in [0.25, 0.3) is 0 Å². The molecule has 10 heteroatoms. The van der Waals surface area contributed by atoms with Gasteiger partial charge in [-0.15, -0.1) is 10.2 Å². The predicted octanol–water partition coefficient (Wildman–Crippen LogP) is 1.35. The number of nitrogens with zero attached hydrogens (tertiary/aromatic N) is 7. The van der Waals surface area contributed by atoms with Gasteiger partial charge in [-0.05, 0) is 49.4 Å². The van der Waals surface area contributed by atoms with E-state index in [0.29, 0.717) is 43.4 Å². The number of hydrogen-bond acceptors (Lipinski definition) is 7. The molecule has 9 nitrogen and oxygen atoms in total.